The molecule has 1 aromatic rings. The highest BCUT2D eigenvalue weighted by Gasteiger charge is 2.25. The minimum atomic E-state index is -0.433. The first-order valence-electron chi connectivity index (χ1n) is 7.20. The van der Waals surface area contributed by atoms with Crippen molar-refractivity contribution in [2.75, 3.05) is 40.0 Å². The molecule has 1 amide bonds. The van der Waals surface area contributed by atoms with Gasteiger partial charge < -0.3 is 25.2 Å². The summed E-state index contributed by atoms with van der Waals surface area (Å²) in [5.74, 6) is 0.207. The average Bonchev–Trinajstić information content (AvgIpc) is 2.91. The Hall–Kier alpha value is -1.34. The summed E-state index contributed by atoms with van der Waals surface area (Å²) in [6.07, 6.45) is -0.433. The summed E-state index contributed by atoms with van der Waals surface area (Å²) < 4.78 is 10.5. The van der Waals surface area contributed by atoms with Crippen LogP contribution in [0.15, 0.2) is 18.2 Å². The van der Waals surface area contributed by atoms with Crippen LogP contribution in [-0.2, 0) is 4.74 Å². The van der Waals surface area contributed by atoms with Gasteiger partial charge in [0, 0.05) is 37.7 Å². The van der Waals surface area contributed by atoms with Gasteiger partial charge in [0.1, 0.15) is 12.4 Å². The molecule has 7 heteroatoms. The molecule has 2 unspecified atom stereocenters. The van der Waals surface area contributed by atoms with Crippen LogP contribution in [0.2, 0.25) is 5.02 Å². The van der Waals surface area contributed by atoms with E-state index in [-0.39, 0.29) is 11.8 Å². The van der Waals surface area contributed by atoms with Crippen LogP contribution in [0, 0.1) is 5.92 Å². The number of amides is 1. The molecule has 6 nitrogen and oxygen atoms in total. The fourth-order valence-corrected chi connectivity index (χ4v) is 2.46. The van der Waals surface area contributed by atoms with E-state index < -0.39 is 6.10 Å². The Labute approximate surface area is 134 Å². The van der Waals surface area contributed by atoms with Crippen molar-refractivity contribution in [2.45, 2.75) is 6.10 Å². The molecule has 0 saturated carbocycles. The molecule has 1 heterocycles. The zero-order chi connectivity index (χ0) is 15.9. The lowest BCUT2D eigenvalue weighted by Crippen LogP contribution is -2.34. The minimum Gasteiger partial charge on any atom is -0.490 e. The van der Waals surface area contributed by atoms with Crippen molar-refractivity contribution in [3.63, 3.8) is 0 Å². The average molecular weight is 329 g/mol. The van der Waals surface area contributed by atoms with Crippen molar-refractivity contribution in [1.29, 1.82) is 0 Å². The molecule has 1 aliphatic heterocycles. The van der Waals surface area contributed by atoms with E-state index in [4.69, 9.17) is 21.1 Å². The first-order chi connectivity index (χ1) is 10.6. The predicted molar refractivity (Wildman–Crippen MR) is 83.5 cm³/mol. The molecule has 0 aromatic heterocycles. The zero-order valence-electron chi connectivity index (χ0n) is 12.5. The molecule has 0 spiro atoms. The summed E-state index contributed by atoms with van der Waals surface area (Å²) in [6.45, 7) is 2.43. The van der Waals surface area contributed by atoms with E-state index in [1.165, 1.54) is 0 Å². The fraction of sp³-hybridized carbons (Fsp3) is 0.533. The van der Waals surface area contributed by atoms with Crippen LogP contribution < -0.4 is 15.4 Å². The molecule has 0 aliphatic carbocycles. The molecular formula is C15H21ClN2O4. The number of β-amino-alcohol motifs (C(OH)–C–C–N with tert-alkyl or cyclic N) is 1. The second-order valence-electron chi connectivity index (χ2n) is 5.18. The molecule has 1 fully saturated rings. The summed E-state index contributed by atoms with van der Waals surface area (Å²) in [4.78, 5) is 12.3. The van der Waals surface area contributed by atoms with Crippen molar-refractivity contribution in [1.82, 2.24) is 10.6 Å². The maximum atomic E-state index is 12.3. The summed E-state index contributed by atoms with van der Waals surface area (Å²) in [5, 5.41) is 16.1. The molecule has 122 valence electrons. The van der Waals surface area contributed by atoms with Gasteiger partial charge in [0.05, 0.1) is 18.3 Å². The van der Waals surface area contributed by atoms with E-state index >= 15 is 0 Å². The van der Waals surface area contributed by atoms with Gasteiger partial charge in [-0.25, -0.2) is 0 Å². The molecule has 0 bridgehead atoms. The number of ether oxygens (including phenoxy) is 2. The molecule has 0 radical (unpaired) electrons. The number of carbonyl (C=O) groups excluding carboxylic acids is 1. The molecule has 1 saturated heterocycles. The Morgan fingerprint density at radius 2 is 2.27 bits per heavy atom. The fourth-order valence-electron chi connectivity index (χ4n) is 2.29. The van der Waals surface area contributed by atoms with Crippen LogP contribution in [0.25, 0.3) is 0 Å². The molecule has 3 N–H and O–H groups in total. The number of rotatable bonds is 7. The molecule has 2 atom stereocenters. The molecular weight excluding hydrogens is 308 g/mol. The lowest BCUT2D eigenvalue weighted by molar-refractivity contribution is 0.0919. The lowest BCUT2D eigenvalue weighted by atomic mass is 10.1. The molecule has 1 aliphatic rings. The first kappa shape index (κ1) is 17.0. The second-order valence-corrected chi connectivity index (χ2v) is 5.61. The summed E-state index contributed by atoms with van der Waals surface area (Å²) >= 11 is 5.96. The van der Waals surface area contributed by atoms with Crippen molar-refractivity contribution >= 4 is 17.5 Å². The first-order valence-corrected chi connectivity index (χ1v) is 7.58. The van der Waals surface area contributed by atoms with Gasteiger partial charge in [-0.2, -0.15) is 0 Å². The van der Waals surface area contributed by atoms with Crippen LogP contribution >= 0.6 is 11.6 Å². The molecule has 2 rings (SSSR count). The smallest absolute Gasteiger partial charge is 0.255 e. The topological polar surface area (TPSA) is 79.8 Å². The quantitative estimate of drug-likeness (QED) is 0.641. The minimum absolute atomic E-state index is 0.0148. The Bertz CT molecular complexity index is 512. The Morgan fingerprint density at radius 3 is 2.95 bits per heavy atom. The standard InChI is InChI=1S/C15H21ClN2O4/c1-21-4-5-22-14-3-2-11(16)6-12(14)15(20)18-8-10-7-17-9-13(10)19/h2-3,6,10,13,17,19H,4-5,7-9H2,1H3,(H,18,20). The van der Waals surface area contributed by atoms with Gasteiger partial charge in [-0.1, -0.05) is 11.6 Å². The second kappa shape index (κ2) is 8.33. The van der Waals surface area contributed by atoms with Gasteiger partial charge in [0.2, 0.25) is 0 Å². The normalized spacial score (nSPS) is 20.9. The van der Waals surface area contributed by atoms with Gasteiger partial charge in [-0.15, -0.1) is 0 Å². The number of benzene rings is 1. The summed E-state index contributed by atoms with van der Waals surface area (Å²) in [7, 11) is 1.58. The number of hydrogen-bond donors (Lipinski definition) is 3. The van der Waals surface area contributed by atoms with Crippen molar-refractivity contribution in [3.05, 3.63) is 28.8 Å². The van der Waals surface area contributed by atoms with Crippen molar-refractivity contribution < 1.29 is 19.4 Å². The van der Waals surface area contributed by atoms with Gasteiger partial charge in [-0.3, -0.25) is 4.79 Å². The Balaban J connectivity index is 1.99. The van der Waals surface area contributed by atoms with E-state index in [1.54, 1.807) is 25.3 Å². The third-order valence-electron chi connectivity index (χ3n) is 3.56. The van der Waals surface area contributed by atoms with Crippen molar-refractivity contribution in [3.8, 4) is 5.75 Å². The van der Waals surface area contributed by atoms with Gasteiger partial charge >= 0.3 is 0 Å². The lowest BCUT2D eigenvalue weighted by Gasteiger charge is -2.16. The van der Waals surface area contributed by atoms with Crippen molar-refractivity contribution in [2.24, 2.45) is 5.92 Å². The highest BCUT2D eigenvalue weighted by atomic mass is 35.5. The maximum Gasteiger partial charge on any atom is 0.255 e. The van der Waals surface area contributed by atoms with Crippen LogP contribution in [-0.4, -0.2) is 57.1 Å². The van der Waals surface area contributed by atoms with E-state index in [0.717, 1.165) is 0 Å². The van der Waals surface area contributed by atoms with Crippen LogP contribution in [0.5, 0.6) is 5.75 Å². The number of hydrogen-bond acceptors (Lipinski definition) is 5. The number of methoxy groups -OCH3 is 1. The monoisotopic (exact) mass is 328 g/mol. The number of aliphatic hydroxyl groups is 1. The van der Waals surface area contributed by atoms with E-state index in [9.17, 15) is 9.90 Å². The van der Waals surface area contributed by atoms with Crippen LogP contribution in [0.3, 0.4) is 0 Å². The third kappa shape index (κ3) is 4.58. The number of halogens is 1. The summed E-state index contributed by atoms with van der Waals surface area (Å²) in [6, 6.07) is 4.91. The highest BCUT2D eigenvalue weighted by molar-refractivity contribution is 6.31. The van der Waals surface area contributed by atoms with Gasteiger partial charge in [-0.05, 0) is 18.2 Å². The van der Waals surface area contributed by atoms with E-state index in [0.29, 0.717) is 49.2 Å². The number of nitrogens with one attached hydrogen (secondary N) is 2. The summed E-state index contributed by atoms with van der Waals surface area (Å²) in [5.41, 5.74) is 0.379. The Morgan fingerprint density at radius 1 is 1.45 bits per heavy atom. The predicted octanol–water partition coefficient (Wildman–Crippen LogP) is 0.675. The largest absolute Gasteiger partial charge is 0.490 e. The van der Waals surface area contributed by atoms with Gasteiger partial charge in [0.15, 0.2) is 0 Å². The van der Waals surface area contributed by atoms with E-state index in [2.05, 4.69) is 10.6 Å². The molecule has 22 heavy (non-hydrogen) atoms. The van der Waals surface area contributed by atoms with E-state index in [1.807, 2.05) is 0 Å². The number of aliphatic hydroxyl groups excluding tert-OH is 1. The highest BCUT2D eigenvalue weighted by Crippen LogP contribution is 2.23. The van der Waals surface area contributed by atoms with Gasteiger partial charge in [0.25, 0.3) is 5.91 Å². The van der Waals surface area contributed by atoms with Crippen LogP contribution in [0.4, 0.5) is 0 Å². The third-order valence-corrected chi connectivity index (χ3v) is 3.80. The Kier molecular flexibility index (Phi) is 6.45. The van der Waals surface area contributed by atoms with Crippen LogP contribution in [0.1, 0.15) is 10.4 Å². The number of carbonyl (C=O) groups is 1. The molecule has 1 aromatic carbocycles. The zero-order valence-corrected chi connectivity index (χ0v) is 13.2. The SMILES string of the molecule is COCCOc1ccc(Cl)cc1C(=O)NCC1CNCC1O. The maximum absolute atomic E-state index is 12.3.